The number of rotatable bonds is 3. The molecule has 0 saturated heterocycles. The molecule has 0 atom stereocenters. The van der Waals surface area contributed by atoms with Crippen LogP contribution in [0.15, 0.2) is 36.4 Å². The van der Waals surface area contributed by atoms with Gasteiger partial charge in [0.05, 0.1) is 7.11 Å². The van der Waals surface area contributed by atoms with E-state index < -0.39 is 5.97 Å². The molecule has 3 rings (SSSR count). The molecule has 25 heavy (non-hydrogen) atoms. The van der Waals surface area contributed by atoms with Gasteiger partial charge in [0.25, 0.3) is 5.91 Å². The van der Waals surface area contributed by atoms with Gasteiger partial charge in [-0.25, -0.2) is 9.78 Å². The first kappa shape index (κ1) is 17.1. The molecule has 0 aliphatic carbocycles. The molecule has 2 heterocycles. The van der Waals surface area contributed by atoms with E-state index in [2.05, 4.69) is 35.7 Å². The van der Waals surface area contributed by atoms with Crippen LogP contribution in [0.4, 0.5) is 5.69 Å². The van der Waals surface area contributed by atoms with E-state index in [1.54, 1.807) is 23.1 Å². The minimum Gasteiger partial charge on any atom is -0.464 e. The number of anilines is 1. The van der Waals surface area contributed by atoms with Crippen LogP contribution in [0.5, 0.6) is 0 Å². The summed E-state index contributed by atoms with van der Waals surface area (Å²) in [6, 6.07) is 11.1. The molecule has 130 valence electrons. The highest BCUT2D eigenvalue weighted by Gasteiger charge is 2.25. The van der Waals surface area contributed by atoms with Crippen LogP contribution in [0.3, 0.4) is 0 Å². The van der Waals surface area contributed by atoms with Crippen LogP contribution in [0.25, 0.3) is 0 Å². The molecule has 1 amide bonds. The summed E-state index contributed by atoms with van der Waals surface area (Å²) in [5.41, 5.74) is 3.80. The number of hydrogen-bond donors (Lipinski definition) is 0. The maximum atomic E-state index is 13.0. The third-order valence-corrected chi connectivity index (χ3v) is 4.50. The summed E-state index contributed by atoms with van der Waals surface area (Å²) in [6.45, 7) is 4.97. The Morgan fingerprint density at radius 2 is 1.92 bits per heavy atom. The van der Waals surface area contributed by atoms with Crippen LogP contribution in [0.2, 0.25) is 0 Å². The van der Waals surface area contributed by atoms with Crippen molar-refractivity contribution in [1.82, 2.24) is 4.98 Å². The average molecular weight is 338 g/mol. The number of carbonyl (C=O) groups is 2. The Bertz CT molecular complexity index is 814. The molecular weight excluding hydrogens is 316 g/mol. The second-order valence-electron chi connectivity index (χ2n) is 6.50. The molecule has 0 spiro atoms. The third-order valence-electron chi connectivity index (χ3n) is 4.50. The van der Waals surface area contributed by atoms with Crippen molar-refractivity contribution in [3.63, 3.8) is 0 Å². The minimum absolute atomic E-state index is 0.140. The summed E-state index contributed by atoms with van der Waals surface area (Å²) < 4.78 is 4.68. The number of methoxy groups -OCH3 is 1. The largest absolute Gasteiger partial charge is 0.464 e. The number of nitrogens with zero attached hydrogens (tertiary/aromatic N) is 2. The van der Waals surface area contributed by atoms with Gasteiger partial charge in [-0.2, -0.15) is 0 Å². The predicted octanol–water partition coefficient (Wildman–Crippen LogP) is 3.58. The predicted molar refractivity (Wildman–Crippen MR) is 96.1 cm³/mol. The Kier molecular flexibility index (Phi) is 4.83. The lowest BCUT2D eigenvalue weighted by molar-refractivity contribution is 0.0594. The Balaban J connectivity index is 1.93. The first-order valence-electron chi connectivity index (χ1n) is 8.51. The number of ether oxygens (including phenoxy) is 1. The second kappa shape index (κ2) is 7.05. The summed E-state index contributed by atoms with van der Waals surface area (Å²) in [4.78, 5) is 30.5. The molecule has 1 aromatic carbocycles. The molecule has 0 saturated carbocycles. The number of benzene rings is 1. The molecule has 1 aromatic heterocycles. The van der Waals surface area contributed by atoms with Gasteiger partial charge in [0, 0.05) is 12.2 Å². The van der Waals surface area contributed by atoms with Crippen LogP contribution in [-0.4, -0.2) is 30.5 Å². The highest BCUT2D eigenvalue weighted by atomic mass is 16.5. The molecule has 0 unspecified atom stereocenters. The summed E-state index contributed by atoms with van der Waals surface area (Å²) in [6.07, 6.45) is 1.88. The molecule has 1 aliphatic heterocycles. The number of amides is 1. The number of aromatic nitrogens is 1. The molecule has 0 fully saturated rings. The van der Waals surface area contributed by atoms with E-state index in [-0.39, 0.29) is 17.3 Å². The zero-order valence-electron chi connectivity index (χ0n) is 14.8. The zero-order chi connectivity index (χ0) is 18.0. The number of fused-ring (bicyclic) bond motifs is 1. The quantitative estimate of drug-likeness (QED) is 0.803. The van der Waals surface area contributed by atoms with Gasteiger partial charge in [-0.05, 0) is 48.1 Å². The monoisotopic (exact) mass is 338 g/mol. The molecule has 0 bridgehead atoms. The van der Waals surface area contributed by atoms with E-state index in [1.165, 1.54) is 18.2 Å². The number of pyridine rings is 1. The van der Waals surface area contributed by atoms with Crippen molar-refractivity contribution in [2.75, 3.05) is 18.6 Å². The standard InChI is InChI=1S/C20H22N2O3/c1-13(2)14-9-10-18-15(12-14)6-5-11-22(18)19(23)16-7-4-8-17(21-16)20(24)25-3/h4,7-10,12-13H,5-6,11H2,1-3H3. The van der Waals surface area contributed by atoms with Crippen molar-refractivity contribution >= 4 is 17.6 Å². The average Bonchev–Trinajstić information content (AvgIpc) is 2.65. The van der Waals surface area contributed by atoms with Crippen LogP contribution in [0, 0.1) is 0 Å². The lowest BCUT2D eigenvalue weighted by Crippen LogP contribution is -2.36. The Morgan fingerprint density at radius 1 is 1.16 bits per heavy atom. The van der Waals surface area contributed by atoms with Crippen molar-refractivity contribution in [2.45, 2.75) is 32.6 Å². The van der Waals surface area contributed by atoms with Crippen molar-refractivity contribution in [1.29, 1.82) is 0 Å². The second-order valence-corrected chi connectivity index (χ2v) is 6.50. The molecule has 0 N–H and O–H groups in total. The minimum atomic E-state index is -0.546. The summed E-state index contributed by atoms with van der Waals surface area (Å²) >= 11 is 0. The van der Waals surface area contributed by atoms with Gasteiger partial charge < -0.3 is 9.64 Å². The topological polar surface area (TPSA) is 59.5 Å². The van der Waals surface area contributed by atoms with Gasteiger partial charge in [-0.15, -0.1) is 0 Å². The summed E-state index contributed by atoms with van der Waals surface area (Å²) in [5, 5.41) is 0. The van der Waals surface area contributed by atoms with E-state index in [9.17, 15) is 9.59 Å². The van der Waals surface area contributed by atoms with Crippen LogP contribution < -0.4 is 4.90 Å². The fraction of sp³-hybridized carbons (Fsp3) is 0.350. The van der Waals surface area contributed by atoms with E-state index in [0.717, 1.165) is 18.5 Å². The highest BCUT2D eigenvalue weighted by Crippen LogP contribution is 2.31. The maximum Gasteiger partial charge on any atom is 0.356 e. The third kappa shape index (κ3) is 3.40. The van der Waals surface area contributed by atoms with Gasteiger partial charge in [0.15, 0.2) is 0 Å². The first-order valence-corrected chi connectivity index (χ1v) is 8.51. The number of carbonyl (C=O) groups excluding carboxylic acids is 2. The van der Waals surface area contributed by atoms with E-state index in [4.69, 9.17) is 0 Å². The Labute approximate surface area is 147 Å². The normalized spacial score (nSPS) is 13.5. The fourth-order valence-electron chi connectivity index (χ4n) is 3.10. The molecule has 5 heteroatoms. The lowest BCUT2D eigenvalue weighted by Gasteiger charge is -2.30. The smallest absolute Gasteiger partial charge is 0.356 e. The van der Waals surface area contributed by atoms with Crippen LogP contribution in [0.1, 0.15) is 58.3 Å². The number of hydrogen-bond acceptors (Lipinski definition) is 4. The molecule has 0 radical (unpaired) electrons. The fourth-order valence-corrected chi connectivity index (χ4v) is 3.10. The van der Waals surface area contributed by atoms with Gasteiger partial charge in [0.2, 0.25) is 0 Å². The molecular formula is C20H22N2O3. The Morgan fingerprint density at radius 3 is 2.64 bits per heavy atom. The Hall–Kier alpha value is -2.69. The van der Waals surface area contributed by atoms with Gasteiger partial charge >= 0.3 is 5.97 Å². The zero-order valence-corrected chi connectivity index (χ0v) is 14.8. The van der Waals surface area contributed by atoms with Crippen LogP contribution in [-0.2, 0) is 11.2 Å². The van der Waals surface area contributed by atoms with Gasteiger partial charge in [-0.1, -0.05) is 32.0 Å². The molecule has 5 nitrogen and oxygen atoms in total. The number of aryl methyl sites for hydroxylation is 1. The molecule has 2 aromatic rings. The number of esters is 1. The van der Waals surface area contributed by atoms with Gasteiger partial charge in [0.1, 0.15) is 11.4 Å². The van der Waals surface area contributed by atoms with E-state index >= 15 is 0 Å². The first-order chi connectivity index (χ1) is 12.0. The van der Waals surface area contributed by atoms with Gasteiger partial charge in [-0.3, -0.25) is 4.79 Å². The molecule has 1 aliphatic rings. The van der Waals surface area contributed by atoms with Crippen molar-refractivity contribution in [3.05, 3.63) is 58.9 Å². The van der Waals surface area contributed by atoms with Crippen LogP contribution >= 0.6 is 0 Å². The SMILES string of the molecule is COC(=O)c1cccc(C(=O)N2CCCc3cc(C(C)C)ccc32)n1. The summed E-state index contributed by atoms with van der Waals surface area (Å²) in [5.74, 6) is -0.283. The van der Waals surface area contributed by atoms with Crippen molar-refractivity contribution in [2.24, 2.45) is 0 Å². The summed E-state index contributed by atoms with van der Waals surface area (Å²) in [7, 11) is 1.30. The maximum absolute atomic E-state index is 13.0. The lowest BCUT2D eigenvalue weighted by atomic mass is 9.94. The van der Waals surface area contributed by atoms with Crippen molar-refractivity contribution < 1.29 is 14.3 Å². The van der Waals surface area contributed by atoms with Crippen molar-refractivity contribution in [3.8, 4) is 0 Å². The van der Waals surface area contributed by atoms with E-state index in [1.807, 2.05) is 6.07 Å². The highest BCUT2D eigenvalue weighted by molar-refractivity contribution is 6.06. The van der Waals surface area contributed by atoms with E-state index in [0.29, 0.717) is 12.5 Å².